The molecule has 3 heterocycles. The predicted molar refractivity (Wildman–Crippen MR) is 123 cm³/mol. The van der Waals surface area contributed by atoms with E-state index in [9.17, 15) is 9.59 Å². The number of aromatic nitrogens is 2. The lowest BCUT2D eigenvalue weighted by atomic mass is 10.1. The highest BCUT2D eigenvalue weighted by atomic mass is 16.5. The number of imidazole rings is 1. The van der Waals surface area contributed by atoms with E-state index in [0.717, 1.165) is 23.4 Å². The van der Waals surface area contributed by atoms with E-state index in [1.54, 1.807) is 21.3 Å². The summed E-state index contributed by atoms with van der Waals surface area (Å²) >= 11 is 0. The van der Waals surface area contributed by atoms with Gasteiger partial charge in [-0.15, -0.1) is 0 Å². The molecule has 1 fully saturated rings. The summed E-state index contributed by atoms with van der Waals surface area (Å²) in [6.45, 7) is 9.10. The Balaban J connectivity index is 1.67. The van der Waals surface area contributed by atoms with Crippen LogP contribution >= 0.6 is 0 Å². The summed E-state index contributed by atoms with van der Waals surface area (Å²) < 4.78 is 14.9. The number of nitrogens with zero attached hydrogens (tertiary/aromatic N) is 5. The number of imide groups is 1. The fourth-order valence-corrected chi connectivity index (χ4v) is 4.58. The number of fused-ring (bicyclic) bond motifs is 3. The molecule has 4 rings (SSSR count). The Labute approximate surface area is 194 Å². The van der Waals surface area contributed by atoms with Crippen LogP contribution in [0.25, 0.3) is 0 Å². The number of amidine groups is 1. The van der Waals surface area contributed by atoms with Crippen molar-refractivity contribution in [3.8, 4) is 11.5 Å². The Bertz CT molecular complexity index is 1150. The number of hydrogen-bond acceptors (Lipinski definition) is 5. The summed E-state index contributed by atoms with van der Waals surface area (Å²) in [7, 11) is 4.93. The second kappa shape index (κ2) is 8.53. The third-order valence-corrected chi connectivity index (χ3v) is 6.45. The lowest BCUT2D eigenvalue weighted by Gasteiger charge is -2.34. The number of carbonyl (C=O) groups excluding carboxylic acids is 2. The first-order valence-electron chi connectivity index (χ1n) is 11.2. The molecule has 3 amide bonds. The molecule has 9 nitrogen and oxygen atoms in total. The molecule has 1 saturated heterocycles. The molecule has 0 saturated carbocycles. The molecule has 2 aliphatic heterocycles. The van der Waals surface area contributed by atoms with Gasteiger partial charge in [0, 0.05) is 20.0 Å². The molecule has 1 aromatic carbocycles. The minimum atomic E-state index is -0.609. The number of ether oxygens (including phenoxy) is 2. The van der Waals surface area contributed by atoms with Gasteiger partial charge in [0.1, 0.15) is 11.4 Å². The van der Waals surface area contributed by atoms with Crippen LogP contribution in [-0.4, -0.2) is 60.0 Å². The van der Waals surface area contributed by atoms with Crippen molar-refractivity contribution in [3.05, 3.63) is 35.2 Å². The average Bonchev–Trinajstić information content (AvgIpc) is 3.29. The molecule has 176 valence electrons. The van der Waals surface area contributed by atoms with Gasteiger partial charge in [0.05, 0.1) is 20.8 Å². The molecule has 1 unspecified atom stereocenters. The van der Waals surface area contributed by atoms with Crippen LogP contribution in [0.1, 0.15) is 36.8 Å². The Morgan fingerprint density at radius 2 is 1.82 bits per heavy atom. The monoisotopic (exact) mass is 454 g/mol. The molecular formula is C24H32N5O4+. The van der Waals surface area contributed by atoms with Crippen molar-refractivity contribution in [1.82, 2.24) is 14.4 Å². The average molecular weight is 455 g/mol. The zero-order valence-electron chi connectivity index (χ0n) is 20.4. The highest BCUT2D eigenvalue weighted by Gasteiger charge is 2.54. The Kier molecular flexibility index (Phi) is 5.90. The van der Waals surface area contributed by atoms with E-state index in [-0.39, 0.29) is 17.9 Å². The maximum atomic E-state index is 13.4. The van der Waals surface area contributed by atoms with Gasteiger partial charge in [-0.05, 0) is 37.5 Å². The standard InChI is InChI=1S/C24H32N5O4/c1-14(2)13-28-22(30)20-21(26(5)24(28)31)25-23-27(15(3)16(4)29(20)23)11-10-17-8-9-18(32-6)19(12-17)33-7/h8-9,12,14,20H,10-11,13H2,1-7H3/q+1. The summed E-state index contributed by atoms with van der Waals surface area (Å²) in [5.74, 6) is 2.54. The second-order valence-corrected chi connectivity index (χ2v) is 8.99. The Morgan fingerprint density at radius 3 is 2.45 bits per heavy atom. The van der Waals surface area contributed by atoms with E-state index in [1.165, 1.54) is 9.80 Å². The summed E-state index contributed by atoms with van der Waals surface area (Å²) in [6.07, 6.45) is 0.750. The lowest BCUT2D eigenvalue weighted by Crippen LogP contribution is -2.58. The van der Waals surface area contributed by atoms with Crippen molar-refractivity contribution in [2.45, 2.75) is 46.7 Å². The van der Waals surface area contributed by atoms with Gasteiger partial charge in [0.2, 0.25) is 11.9 Å². The number of urea groups is 1. The van der Waals surface area contributed by atoms with E-state index < -0.39 is 6.04 Å². The van der Waals surface area contributed by atoms with Crippen LogP contribution in [0.15, 0.2) is 23.2 Å². The Morgan fingerprint density at radius 1 is 1.12 bits per heavy atom. The summed E-state index contributed by atoms with van der Waals surface area (Å²) in [5, 5.41) is 0. The second-order valence-electron chi connectivity index (χ2n) is 8.99. The van der Waals surface area contributed by atoms with Crippen LogP contribution in [-0.2, 0) is 17.8 Å². The topological polar surface area (TPSA) is 80.2 Å². The van der Waals surface area contributed by atoms with Gasteiger partial charge in [-0.1, -0.05) is 24.9 Å². The van der Waals surface area contributed by atoms with Crippen molar-refractivity contribution >= 4 is 23.7 Å². The zero-order valence-corrected chi connectivity index (χ0v) is 20.4. The fraction of sp³-hybridized carbons (Fsp3) is 0.500. The molecule has 0 radical (unpaired) electrons. The first kappa shape index (κ1) is 22.8. The number of rotatable bonds is 7. The SMILES string of the molecule is COc1ccc(CC[n+]2c(C)c(C)n3c2N=C2C3C(=O)N(CC(C)C)C(=O)N2C)cc1OC. The molecule has 0 spiro atoms. The number of aliphatic imine (C=N–C) groups is 1. The van der Waals surface area contributed by atoms with Crippen molar-refractivity contribution in [1.29, 1.82) is 0 Å². The van der Waals surface area contributed by atoms with Crippen molar-refractivity contribution in [2.24, 2.45) is 10.9 Å². The number of likely N-dealkylation sites (N-methyl/N-ethyl adjacent to an activating group) is 1. The van der Waals surface area contributed by atoms with E-state index >= 15 is 0 Å². The maximum Gasteiger partial charge on any atom is 0.402 e. The van der Waals surface area contributed by atoms with E-state index in [1.807, 2.05) is 50.5 Å². The molecule has 1 atom stereocenters. The molecule has 1 aromatic heterocycles. The van der Waals surface area contributed by atoms with Crippen LogP contribution in [0.3, 0.4) is 0 Å². The molecule has 0 aliphatic carbocycles. The lowest BCUT2D eigenvalue weighted by molar-refractivity contribution is -0.688. The minimum Gasteiger partial charge on any atom is -0.493 e. The Hall–Kier alpha value is -3.36. The van der Waals surface area contributed by atoms with Gasteiger partial charge >= 0.3 is 12.0 Å². The molecule has 33 heavy (non-hydrogen) atoms. The summed E-state index contributed by atoms with van der Waals surface area (Å²) in [4.78, 5) is 33.9. The smallest absolute Gasteiger partial charge is 0.402 e. The van der Waals surface area contributed by atoms with Crippen LogP contribution in [0.2, 0.25) is 0 Å². The van der Waals surface area contributed by atoms with E-state index in [2.05, 4.69) is 4.57 Å². The first-order chi connectivity index (χ1) is 15.7. The van der Waals surface area contributed by atoms with Crippen LogP contribution in [0, 0.1) is 19.8 Å². The van der Waals surface area contributed by atoms with Gasteiger partial charge in [0.15, 0.2) is 11.5 Å². The van der Waals surface area contributed by atoms with Gasteiger partial charge in [0.25, 0.3) is 5.91 Å². The maximum absolute atomic E-state index is 13.4. The zero-order chi connectivity index (χ0) is 24.0. The van der Waals surface area contributed by atoms with E-state index in [0.29, 0.717) is 36.4 Å². The molecule has 0 bridgehead atoms. The minimum absolute atomic E-state index is 0.185. The van der Waals surface area contributed by atoms with Gasteiger partial charge in [-0.3, -0.25) is 14.6 Å². The normalized spacial score (nSPS) is 17.5. The third-order valence-electron chi connectivity index (χ3n) is 6.45. The molecular weight excluding hydrogens is 422 g/mol. The quantitative estimate of drug-likeness (QED) is 0.603. The highest BCUT2D eigenvalue weighted by Crippen LogP contribution is 2.35. The highest BCUT2D eigenvalue weighted by molar-refractivity contribution is 6.20. The largest absolute Gasteiger partial charge is 0.493 e. The number of amides is 3. The molecule has 2 aromatic rings. The number of aryl methyl sites for hydroxylation is 1. The number of carbonyl (C=O) groups is 2. The molecule has 9 heteroatoms. The molecule has 0 N–H and O–H groups in total. The summed E-state index contributed by atoms with van der Waals surface area (Å²) in [5.41, 5.74) is 3.13. The third kappa shape index (κ3) is 3.65. The van der Waals surface area contributed by atoms with Crippen molar-refractivity contribution in [3.63, 3.8) is 0 Å². The summed E-state index contributed by atoms with van der Waals surface area (Å²) in [6, 6.07) is 4.97. The first-order valence-corrected chi connectivity index (χ1v) is 11.2. The number of hydrogen-bond donors (Lipinski definition) is 0. The number of methoxy groups -OCH3 is 2. The van der Waals surface area contributed by atoms with Gasteiger partial charge < -0.3 is 9.47 Å². The van der Waals surface area contributed by atoms with Crippen LogP contribution in [0.4, 0.5) is 10.7 Å². The predicted octanol–water partition coefficient (Wildman–Crippen LogP) is 2.79. The fourth-order valence-electron chi connectivity index (χ4n) is 4.58. The van der Waals surface area contributed by atoms with Gasteiger partial charge in [-0.2, -0.15) is 0 Å². The van der Waals surface area contributed by atoms with Crippen LogP contribution in [0.5, 0.6) is 11.5 Å². The van der Waals surface area contributed by atoms with Crippen molar-refractivity contribution in [2.75, 3.05) is 27.8 Å². The van der Waals surface area contributed by atoms with Crippen molar-refractivity contribution < 1.29 is 23.6 Å². The van der Waals surface area contributed by atoms with Crippen LogP contribution < -0.4 is 14.0 Å². The van der Waals surface area contributed by atoms with E-state index in [4.69, 9.17) is 14.5 Å². The number of benzene rings is 1. The van der Waals surface area contributed by atoms with Gasteiger partial charge in [-0.25, -0.2) is 13.9 Å². The molecule has 2 aliphatic rings.